The number of ether oxygens (including phenoxy) is 2. The van der Waals surface area contributed by atoms with Crippen molar-refractivity contribution in [3.05, 3.63) is 53.1 Å². The van der Waals surface area contributed by atoms with Crippen LogP contribution in [0, 0.1) is 13.8 Å². The van der Waals surface area contributed by atoms with Crippen LogP contribution in [0.1, 0.15) is 21.5 Å². The molecule has 0 radical (unpaired) electrons. The standard InChI is InChI=1S/C17H17NO3/c1-11-5-3-4-6-14(11)17(19)18-13-9-12(2)16-15(10-13)20-7-8-21-16/h3-6,9-10H,7-8H2,1-2H3,(H,18,19). The minimum Gasteiger partial charge on any atom is -0.486 e. The van der Waals surface area contributed by atoms with Gasteiger partial charge in [-0.1, -0.05) is 18.2 Å². The number of anilines is 1. The average Bonchev–Trinajstić information content (AvgIpc) is 2.47. The quantitative estimate of drug-likeness (QED) is 0.919. The number of hydrogen-bond donors (Lipinski definition) is 1. The van der Waals surface area contributed by atoms with E-state index in [-0.39, 0.29) is 5.91 Å². The summed E-state index contributed by atoms with van der Waals surface area (Å²) in [5, 5.41) is 2.92. The van der Waals surface area contributed by atoms with Gasteiger partial charge >= 0.3 is 0 Å². The molecule has 3 rings (SSSR count). The number of carbonyl (C=O) groups is 1. The van der Waals surface area contributed by atoms with E-state index in [1.807, 2.05) is 44.2 Å². The van der Waals surface area contributed by atoms with Gasteiger partial charge in [-0.3, -0.25) is 4.79 Å². The molecule has 4 heteroatoms. The highest BCUT2D eigenvalue weighted by Crippen LogP contribution is 2.36. The molecular weight excluding hydrogens is 266 g/mol. The summed E-state index contributed by atoms with van der Waals surface area (Å²) in [7, 11) is 0. The maximum absolute atomic E-state index is 12.3. The van der Waals surface area contributed by atoms with E-state index in [0.29, 0.717) is 30.2 Å². The largest absolute Gasteiger partial charge is 0.486 e. The minimum atomic E-state index is -0.121. The van der Waals surface area contributed by atoms with Crippen LogP contribution in [-0.2, 0) is 0 Å². The van der Waals surface area contributed by atoms with Crippen LogP contribution in [0.5, 0.6) is 11.5 Å². The lowest BCUT2D eigenvalue weighted by atomic mass is 10.1. The van der Waals surface area contributed by atoms with Crippen LogP contribution in [0.3, 0.4) is 0 Å². The van der Waals surface area contributed by atoms with Crippen molar-refractivity contribution >= 4 is 11.6 Å². The van der Waals surface area contributed by atoms with Crippen LogP contribution in [-0.4, -0.2) is 19.1 Å². The van der Waals surface area contributed by atoms with E-state index < -0.39 is 0 Å². The van der Waals surface area contributed by atoms with Gasteiger partial charge in [0.05, 0.1) is 0 Å². The zero-order valence-electron chi connectivity index (χ0n) is 12.1. The molecule has 1 aliphatic rings. The van der Waals surface area contributed by atoms with E-state index in [0.717, 1.165) is 16.9 Å². The van der Waals surface area contributed by atoms with Crippen LogP contribution in [0.15, 0.2) is 36.4 Å². The Labute approximate surface area is 123 Å². The molecule has 1 aliphatic heterocycles. The Kier molecular flexibility index (Phi) is 3.52. The van der Waals surface area contributed by atoms with Crippen LogP contribution >= 0.6 is 0 Å². The first-order valence-electron chi connectivity index (χ1n) is 6.92. The zero-order chi connectivity index (χ0) is 14.8. The molecule has 2 aromatic carbocycles. The second-order valence-electron chi connectivity index (χ2n) is 5.09. The summed E-state index contributed by atoms with van der Waals surface area (Å²) in [6, 6.07) is 11.2. The Balaban J connectivity index is 1.87. The van der Waals surface area contributed by atoms with Crippen molar-refractivity contribution in [3.63, 3.8) is 0 Å². The summed E-state index contributed by atoms with van der Waals surface area (Å²) in [5.74, 6) is 1.32. The SMILES string of the molecule is Cc1ccccc1C(=O)Nc1cc(C)c2c(c1)OCCO2. The van der Waals surface area contributed by atoms with E-state index >= 15 is 0 Å². The Hall–Kier alpha value is -2.49. The number of hydrogen-bond acceptors (Lipinski definition) is 3. The normalized spacial score (nSPS) is 12.9. The van der Waals surface area contributed by atoms with Crippen molar-refractivity contribution in [1.82, 2.24) is 0 Å². The van der Waals surface area contributed by atoms with Gasteiger partial charge in [-0.2, -0.15) is 0 Å². The molecule has 2 aromatic rings. The number of nitrogens with one attached hydrogen (secondary N) is 1. The van der Waals surface area contributed by atoms with Crippen LogP contribution < -0.4 is 14.8 Å². The first-order valence-corrected chi connectivity index (χ1v) is 6.92. The fraction of sp³-hybridized carbons (Fsp3) is 0.235. The summed E-state index contributed by atoms with van der Waals surface area (Å²) >= 11 is 0. The lowest BCUT2D eigenvalue weighted by molar-refractivity contribution is 0.102. The molecule has 1 N–H and O–H groups in total. The molecule has 0 atom stereocenters. The molecule has 0 aromatic heterocycles. The van der Waals surface area contributed by atoms with Gasteiger partial charge in [0, 0.05) is 17.3 Å². The number of aryl methyl sites for hydroxylation is 2. The lowest BCUT2D eigenvalue weighted by Crippen LogP contribution is -2.17. The van der Waals surface area contributed by atoms with Gasteiger partial charge in [0.1, 0.15) is 13.2 Å². The van der Waals surface area contributed by atoms with Gasteiger partial charge < -0.3 is 14.8 Å². The topological polar surface area (TPSA) is 47.6 Å². The number of carbonyl (C=O) groups excluding carboxylic acids is 1. The van der Waals surface area contributed by atoms with Gasteiger partial charge in [0.15, 0.2) is 11.5 Å². The molecule has 0 spiro atoms. The summed E-state index contributed by atoms with van der Waals surface area (Å²) in [6.07, 6.45) is 0. The molecule has 0 unspecified atom stereocenters. The highest BCUT2D eigenvalue weighted by atomic mass is 16.6. The molecule has 1 amide bonds. The van der Waals surface area contributed by atoms with Gasteiger partial charge in [-0.15, -0.1) is 0 Å². The maximum Gasteiger partial charge on any atom is 0.255 e. The monoisotopic (exact) mass is 283 g/mol. The maximum atomic E-state index is 12.3. The highest BCUT2D eigenvalue weighted by molar-refractivity contribution is 6.05. The van der Waals surface area contributed by atoms with Crippen molar-refractivity contribution in [2.24, 2.45) is 0 Å². The molecule has 0 bridgehead atoms. The number of amides is 1. The average molecular weight is 283 g/mol. The summed E-state index contributed by atoms with van der Waals surface area (Å²) in [5.41, 5.74) is 3.28. The van der Waals surface area contributed by atoms with E-state index in [1.54, 1.807) is 6.07 Å². The summed E-state index contributed by atoms with van der Waals surface area (Å²) in [4.78, 5) is 12.3. The molecule has 0 saturated heterocycles. The van der Waals surface area contributed by atoms with E-state index in [9.17, 15) is 4.79 Å². The molecule has 4 nitrogen and oxygen atoms in total. The second kappa shape index (κ2) is 5.48. The highest BCUT2D eigenvalue weighted by Gasteiger charge is 2.17. The first kappa shape index (κ1) is 13.5. The Morgan fingerprint density at radius 1 is 1.05 bits per heavy atom. The van der Waals surface area contributed by atoms with E-state index in [2.05, 4.69) is 5.32 Å². The predicted molar refractivity (Wildman–Crippen MR) is 81.3 cm³/mol. The summed E-state index contributed by atoms with van der Waals surface area (Å²) in [6.45, 7) is 4.95. The van der Waals surface area contributed by atoms with Crippen molar-refractivity contribution in [2.45, 2.75) is 13.8 Å². The third-order valence-electron chi connectivity index (χ3n) is 3.48. The van der Waals surface area contributed by atoms with Crippen LogP contribution in [0.4, 0.5) is 5.69 Å². The molecule has 21 heavy (non-hydrogen) atoms. The third kappa shape index (κ3) is 2.70. The number of rotatable bonds is 2. The smallest absolute Gasteiger partial charge is 0.255 e. The van der Waals surface area contributed by atoms with Crippen molar-refractivity contribution < 1.29 is 14.3 Å². The van der Waals surface area contributed by atoms with Crippen molar-refractivity contribution in [3.8, 4) is 11.5 Å². The van der Waals surface area contributed by atoms with Crippen molar-refractivity contribution in [1.29, 1.82) is 0 Å². The second-order valence-corrected chi connectivity index (χ2v) is 5.09. The predicted octanol–water partition coefficient (Wildman–Crippen LogP) is 3.33. The molecule has 0 saturated carbocycles. The van der Waals surface area contributed by atoms with E-state index in [4.69, 9.17) is 9.47 Å². The molecular formula is C17H17NO3. The first-order chi connectivity index (χ1) is 10.1. The lowest BCUT2D eigenvalue weighted by Gasteiger charge is -2.21. The molecule has 0 fully saturated rings. The minimum absolute atomic E-state index is 0.121. The Morgan fingerprint density at radius 2 is 1.81 bits per heavy atom. The fourth-order valence-corrected chi connectivity index (χ4v) is 2.43. The molecule has 0 aliphatic carbocycles. The number of benzene rings is 2. The fourth-order valence-electron chi connectivity index (χ4n) is 2.43. The summed E-state index contributed by atoms with van der Waals surface area (Å²) < 4.78 is 11.2. The van der Waals surface area contributed by atoms with Crippen LogP contribution in [0.25, 0.3) is 0 Å². The molecule has 1 heterocycles. The van der Waals surface area contributed by atoms with Crippen LogP contribution in [0.2, 0.25) is 0 Å². The number of fused-ring (bicyclic) bond motifs is 1. The van der Waals surface area contributed by atoms with Gasteiger partial charge in [0.2, 0.25) is 0 Å². The van der Waals surface area contributed by atoms with Gasteiger partial charge in [0.25, 0.3) is 5.91 Å². The Morgan fingerprint density at radius 3 is 2.62 bits per heavy atom. The van der Waals surface area contributed by atoms with Crippen molar-refractivity contribution in [2.75, 3.05) is 18.5 Å². The van der Waals surface area contributed by atoms with Gasteiger partial charge in [-0.25, -0.2) is 0 Å². The Bertz CT molecular complexity index is 694. The van der Waals surface area contributed by atoms with Gasteiger partial charge in [-0.05, 0) is 37.1 Å². The van der Waals surface area contributed by atoms with E-state index in [1.165, 1.54) is 0 Å². The molecule has 108 valence electrons. The zero-order valence-corrected chi connectivity index (χ0v) is 12.1. The third-order valence-corrected chi connectivity index (χ3v) is 3.48.